The Bertz CT molecular complexity index is 397. The van der Waals surface area contributed by atoms with Gasteiger partial charge in [0.2, 0.25) is 0 Å². The van der Waals surface area contributed by atoms with E-state index in [1.54, 1.807) is 0 Å². The van der Waals surface area contributed by atoms with E-state index in [4.69, 9.17) is 9.47 Å². The summed E-state index contributed by atoms with van der Waals surface area (Å²) >= 11 is 0. The van der Waals surface area contributed by atoms with Gasteiger partial charge in [-0.1, -0.05) is 26.7 Å². The van der Waals surface area contributed by atoms with E-state index in [2.05, 4.69) is 5.32 Å². The fraction of sp³-hybridized carbons (Fsp3) is 0.900. The highest BCUT2D eigenvalue weighted by molar-refractivity contribution is 5.70. The molecule has 0 spiro atoms. The van der Waals surface area contributed by atoms with Crippen LogP contribution < -0.4 is 5.32 Å². The Kier molecular flexibility index (Phi) is 7.73. The Morgan fingerprint density at radius 2 is 1.08 bits per heavy atom. The van der Waals surface area contributed by atoms with Gasteiger partial charge in [0.15, 0.2) is 11.4 Å². The highest BCUT2D eigenvalue weighted by atomic mass is 16.6. The van der Waals surface area contributed by atoms with Crippen LogP contribution in [0.1, 0.15) is 104 Å². The standard InChI is InChI=1S/C20H35NO4/c1-3-11-17(22)24-19(13-7-5-8-14-19)21-20(15-9-6-10-16-20)25-18(23)12-4-2/h21H,3-16H2,1-2H3. The molecule has 0 atom stereocenters. The van der Waals surface area contributed by atoms with Gasteiger partial charge < -0.3 is 9.47 Å². The average Bonchev–Trinajstić information content (AvgIpc) is 2.56. The Morgan fingerprint density at radius 1 is 0.720 bits per heavy atom. The van der Waals surface area contributed by atoms with Gasteiger partial charge in [-0.15, -0.1) is 0 Å². The molecule has 5 heteroatoms. The molecule has 2 fully saturated rings. The smallest absolute Gasteiger partial charge is 0.307 e. The number of hydrogen-bond donors (Lipinski definition) is 1. The van der Waals surface area contributed by atoms with Gasteiger partial charge in [-0.25, -0.2) is 5.32 Å². The van der Waals surface area contributed by atoms with Crippen LogP contribution in [0.25, 0.3) is 0 Å². The molecule has 25 heavy (non-hydrogen) atoms. The van der Waals surface area contributed by atoms with E-state index < -0.39 is 11.4 Å². The zero-order valence-corrected chi connectivity index (χ0v) is 16.0. The van der Waals surface area contributed by atoms with Crippen molar-refractivity contribution in [1.82, 2.24) is 5.32 Å². The lowest BCUT2D eigenvalue weighted by atomic mass is 9.86. The molecule has 0 unspecified atom stereocenters. The van der Waals surface area contributed by atoms with Gasteiger partial charge in [0.05, 0.1) is 0 Å². The largest absolute Gasteiger partial charge is 0.444 e. The predicted molar refractivity (Wildman–Crippen MR) is 96.8 cm³/mol. The van der Waals surface area contributed by atoms with Crippen molar-refractivity contribution in [2.24, 2.45) is 0 Å². The van der Waals surface area contributed by atoms with Crippen LogP contribution >= 0.6 is 0 Å². The molecule has 2 saturated carbocycles. The first-order valence-electron chi connectivity index (χ1n) is 10.3. The third kappa shape index (κ3) is 5.98. The SMILES string of the molecule is CCCC(=O)OC1(NC2(OC(=O)CCC)CCCCC2)CCCCC1. The molecule has 144 valence electrons. The molecule has 0 aromatic rings. The molecule has 0 radical (unpaired) electrons. The van der Waals surface area contributed by atoms with Gasteiger partial charge in [0.25, 0.3) is 0 Å². The summed E-state index contributed by atoms with van der Waals surface area (Å²) in [5, 5.41) is 3.58. The summed E-state index contributed by atoms with van der Waals surface area (Å²) in [7, 11) is 0. The van der Waals surface area contributed by atoms with Crippen LogP contribution in [-0.4, -0.2) is 23.4 Å². The summed E-state index contributed by atoms with van der Waals surface area (Å²) in [5.41, 5.74) is -1.34. The second-order valence-electron chi connectivity index (χ2n) is 7.68. The molecule has 0 aliphatic heterocycles. The van der Waals surface area contributed by atoms with Crippen LogP contribution in [0.4, 0.5) is 0 Å². The summed E-state index contributed by atoms with van der Waals surface area (Å²) in [4.78, 5) is 24.4. The van der Waals surface area contributed by atoms with Crippen molar-refractivity contribution in [1.29, 1.82) is 0 Å². The first-order valence-corrected chi connectivity index (χ1v) is 10.3. The van der Waals surface area contributed by atoms with Crippen molar-refractivity contribution in [3.63, 3.8) is 0 Å². The monoisotopic (exact) mass is 353 g/mol. The summed E-state index contributed by atoms with van der Waals surface area (Å²) in [5.74, 6) is -0.300. The first kappa shape index (κ1) is 20.2. The maximum absolute atomic E-state index is 12.2. The van der Waals surface area contributed by atoms with Crippen molar-refractivity contribution in [3.05, 3.63) is 0 Å². The highest BCUT2D eigenvalue weighted by Crippen LogP contribution is 2.37. The van der Waals surface area contributed by atoms with Gasteiger partial charge in [-0.2, -0.15) is 0 Å². The maximum atomic E-state index is 12.2. The quantitative estimate of drug-likeness (QED) is 0.511. The highest BCUT2D eigenvalue weighted by Gasteiger charge is 2.46. The van der Waals surface area contributed by atoms with E-state index in [9.17, 15) is 9.59 Å². The van der Waals surface area contributed by atoms with Crippen molar-refractivity contribution in [3.8, 4) is 0 Å². The van der Waals surface area contributed by atoms with Gasteiger partial charge in [0, 0.05) is 38.5 Å². The maximum Gasteiger partial charge on any atom is 0.307 e. The summed E-state index contributed by atoms with van der Waals surface area (Å²) < 4.78 is 11.9. The number of esters is 2. The Hall–Kier alpha value is -1.10. The number of carbonyl (C=O) groups is 2. The summed E-state index contributed by atoms with van der Waals surface area (Å²) in [6.07, 6.45) is 12.1. The van der Waals surface area contributed by atoms with Crippen LogP contribution in [0, 0.1) is 0 Å². The van der Waals surface area contributed by atoms with Crippen molar-refractivity contribution in [2.75, 3.05) is 0 Å². The topological polar surface area (TPSA) is 64.6 Å². The van der Waals surface area contributed by atoms with Crippen LogP contribution in [-0.2, 0) is 19.1 Å². The minimum atomic E-state index is -0.672. The molecular formula is C20H35NO4. The Balaban J connectivity index is 2.15. The van der Waals surface area contributed by atoms with Crippen molar-refractivity contribution < 1.29 is 19.1 Å². The third-order valence-corrected chi connectivity index (χ3v) is 5.30. The Morgan fingerprint density at radius 3 is 1.40 bits per heavy atom. The molecule has 0 amide bonds. The number of nitrogens with one attached hydrogen (secondary N) is 1. The molecular weight excluding hydrogens is 318 g/mol. The van der Waals surface area contributed by atoms with E-state index in [1.165, 1.54) is 0 Å². The normalized spacial score (nSPS) is 22.2. The van der Waals surface area contributed by atoms with E-state index in [0.717, 1.165) is 77.0 Å². The van der Waals surface area contributed by atoms with E-state index in [0.29, 0.717) is 12.8 Å². The lowest BCUT2D eigenvalue weighted by molar-refractivity contribution is -0.199. The number of ether oxygens (including phenoxy) is 2. The minimum Gasteiger partial charge on any atom is -0.444 e. The molecule has 1 N–H and O–H groups in total. The average molecular weight is 354 g/mol. The van der Waals surface area contributed by atoms with Crippen molar-refractivity contribution >= 4 is 11.9 Å². The van der Waals surface area contributed by atoms with Crippen LogP contribution in [0.15, 0.2) is 0 Å². The molecule has 0 heterocycles. The van der Waals surface area contributed by atoms with Gasteiger partial charge in [0.1, 0.15) is 0 Å². The molecule has 0 bridgehead atoms. The van der Waals surface area contributed by atoms with Crippen LogP contribution in [0.3, 0.4) is 0 Å². The molecule has 0 aromatic heterocycles. The van der Waals surface area contributed by atoms with E-state index >= 15 is 0 Å². The molecule has 2 rings (SSSR count). The lowest BCUT2D eigenvalue weighted by Gasteiger charge is -2.47. The number of hydrogen-bond acceptors (Lipinski definition) is 5. The second-order valence-corrected chi connectivity index (χ2v) is 7.68. The molecule has 2 aliphatic carbocycles. The predicted octanol–water partition coefficient (Wildman–Crippen LogP) is 4.58. The van der Waals surface area contributed by atoms with Crippen LogP contribution in [0.5, 0.6) is 0 Å². The fourth-order valence-corrected chi connectivity index (χ4v) is 4.11. The molecule has 0 aromatic carbocycles. The van der Waals surface area contributed by atoms with Crippen LogP contribution in [0.2, 0.25) is 0 Å². The molecule has 5 nitrogen and oxygen atoms in total. The minimum absolute atomic E-state index is 0.150. The third-order valence-electron chi connectivity index (χ3n) is 5.30. The molecule has 2 aliphatic rings. The van der Waals surface area contributed by atoms with Gasteiger partial charge in [-0.3, -0.25) is 9.59 Å². The van der Waals surface area contributed by atoms with Gasteiger partial charge in [-0.05, 0) is 38.5 Å². The molecule has 0 saturated heterocycles. The Labute approximate surface area is 152 Å². The zero-order valence-electron chi connectivity index (χ0n) is 16.0. The number of rotatable bonds is 8. The first-order chi connectivity index (χ1) is 12.0. The number of carbonyl (C=O) groups excluding carboxylic acids is 2. The zero-order chi connectivity index (χ0) is 18.2. The second kappa shape index (κ2) is 9.56. The van der Waals surface area contributed by atoms with Gasteiger partial charge >= 0.3 is 11.9 Å². The summed E-state index contributed by atoms with van der Waals surface area (Å²) in [6.45, 7) is 3.97. The van der Waals surface area contributed by atoms with Crippen molar-refractivity contribution in [2.45, 2.75) is 115 Å². The van der Waals surface area contributed by atoms with E-state index in [1.807, 2.05) is 13.8 Å². The fourth-order valence-electron chi connectivity index (χ4n) is 4.11. The lowest BCUT2D eigenvalue weighted by Crippen LogP contribution is -2.63. The van der Waals surface area contributed by atoms with E-state index in [-0.39, 0.29) is 11.9 Å². The summed E-state index contributed by atoms with van der Waals surface area (Å²) in [6, 6.07) is 0.